The Morgan fingerprint density at radius 2 is 1.91 bits per heavy atom. The summed E-state index contributed by atoms with van der Waals surface area (Å²) < 4.78 is 53.6. The number of esters is 1. The Labute approximate surface area is 202 Å². The Morgan fingerprint density at radius 1 is 1.17 bits per heavy atom. The molecule has 1 saturated carbocycles. The van der Waals surface area contributed by atoms with Gasteiger partial charge in [0.25, 0.3) is 0 Å². The first-order chi connectivity index (χ1) is 16.7. The molecule has 2 aromatic carbocycles. The van der Waals surface area contributed by atoms with E-state index in [1.54, 1.807) is 24.3 Å². The number of para-hydroxylation sites is 1. The summed E-state index contributed by atoms with van der Waals surface area (Å²) in [6, 6.07) is 9.63. The van der Waals surface area contributed by atoms with Crippen LogP contribution in [0.1, 0.15) is 49.8 Å². The van der Waals surface area contributed by atoms with Crippen molar-refractivity contribution < 1.29 is 27.1 Å². The molecule has 182 valence electrons. The minimum atomic E-state index is -4.93. The van der Waals surface area contributed by atoms with Gasteiger partial charge in [-0.25, -0.2) is 4.98 Å². The third-order valence-corrected chi connectivity index (χ3v) is 7.53. The van der Waals surface area contributed by atoms with Crippen molar-refractivity contribution in [1.29, 1.82) is 0 Å². The molecule has 9 heteroatoms. The second-order valence-electron chi connectivity index (χ2n) is 8.85. The molecule has 1 fully saturated rings. The molecule has 0 aliphatic heterocycles. The second kappa shape index (κ2) is 9.11. The summed E-state index contributed by atoms with van der Waals surface area (Å²) in [5.74, 6) is -1.28. The van der Waals surface area contributed by atoms with Gasteiger partial charge in [0.1, 0.15) is 21.9 Å². The highest BCUT2D eigenvalue weighted by atomic mass is 32.1. The zero-order valence-corrected chi connectivity index (χ0v) is 19.7. The van der Waals surface area contributed by atoms with Gasteiger partial charge in [-0.05, 0) is 43.5 Å². The number of hydrogen-bond donors (Lipinski definition) is 0. The van der Waals surface area contributed by atoms with E-state index in [1.165, 1.54) is 31.9 Å². The molecule has 0 spiro atoms. The Kier molecular flexibility index (Phi) is 6.13. The summed E-state index contributed by atoms with van der Waals surface area (Å²) in [7, 11) is 0. The van der Waals surface area contributed by atoms with Crippen LogP contribution in [0.5, 0.6) is 5.75 Å². The maximum atomic E-state index is 14.0. The molecule has 0 unspecified atom stereocenters. The molecule has 5 nitrogen and oxygen atoms in total. The van der Waals surface area contributed by atoms with Gasteiger partial charge in [-0.3, -0.25) is 9.59 Å². The Balaban J connectivity index is 1.55. The number of aryl methyl sites for hydroxylation is 1. The Bertz CT molecular complexity index is 1450. The Morgan fingerprint density at radius 3 is 2.63 bits per heavy atom. The van der Waals surface area contributed by atoms with Gasteiger partial charge in [-0.15, -0.1) is 11.3 Å². The van der Waals surface area contributed by atoms with Crippen LogP contribution in [0.2, 0.25) is 0 Å². The lowest BCUT2D eigenvalue weighted by Gasteiger charge is -2.14. The topological polar surface area (TPSA) is 69.4 Å². The smallest absolute Gasteiger partial charge is 0.450 e. The minimum Gasteiger partial charge on any atom is -0.450 e. The first-order valence-electron chi connectivity index (χ1n) is 11.5. The van der Waals surface area contributed by atoms with Crippen molar-refractivity contribution in [2.75, 3.05) is 0 Å². The molecule has 0 bridgehead atoms. The van der Waals surface area contributed by atoms with Gasteiger partial charge < -0.3 is 9.15 Å². The van der Waals surface area contributed by atoms with Crippen molar-refractivity contribution in [3.63, 3.8) is 0 Å². The Hall–Kier alpha value is -3.20. The van der Waals surface area contributed by atoms with Crippen LogP contribution in [0, 0.1) is 12.8 Å². The second-order valence-corrected chi connectivity index (χ2v) is 9.88. The van der Waals surface area contributed by atoms with Gasteiger partial charge in [0.05, 0.1) is 15.6 Å². The van der Waals surface area contributed by atoms with Crippen molar-refractivity contribution in [2.45, 2.75) is 51.6 Å². The van der Waals surface area contributed by atoms with Crippen LogP contribution < -0.4 is 10.2 Å². The number of fused-ring (bicyclic) bond motifs is 2. The lowest BCUT2D eigenvalue weighted by Crippen LogP contribution is -2.17. The average molecular weight is 502 g/mol. The molecule has 4 aromatic rings. The molecule has 35 heavy (non-hydrogen) atoms. The van der Waals surface area contributed by atoms with Crippen LogP contribution in [0.25, 0.3) is 31.8 Å². The molecule has 1 aliphatic rings. The summed E-state index contributed by atoms with van der Waals surface area (Å²) in [6.45, 7) is 1.47. The van der Waals surface area contributed by atoms with Gasteiger partial charge in [0, 0.05) is 12.0 Å². The fourth-order valence-corrected chi connectivity index (χ4v) is 5.66. The number of rotatable bonds is 5. The number of benzene rings is 2. The molecule has 2 aromatic heterocycles. The van der Waals surface area contributed by atoms with E-state index < -0.39 is 28.9 Å². The predicted octanol–water partition coefficient (Wildman–Crippen LogP) is 7.27. The van der Waals surface area contributed by atoms with Gasteiger partial charge >= 0.3 is 12.1 Å². The lowest BCUT2D eigenvalue weighted by atomic mass is 10.0. The third kappa shape index (κ3) is 4.57. The van der Waals surface area contributed by atoms with E-state index in [0.29, 0.717) is 16.1 Å². The number of carbonyl (C=O) groups is 1. The van der Waals surface area contributed by atoms with Crippen molar-refractivity contribution in [3.8, 4) is 16.3 Å². The standard InChI is InChI=1S/C26H22F3NO4S/c1-14-18(33-20(31)13-10-15-6-2-3-7-15)12-11-16-22(32)21(24(26(27,28)29)34-23(14)16)25-30-17-8-4-5-9-19(17)35-25/h4-5,8-9,11-12,15H,2-3,6-7,10,13H2,1H3. The van der Waals surface area contributed by atoms with Crippen molar-refractivity contribution in [3.05, 3.63) is 57.9 Å². The van der Waals surface area contributed by atoms with Gasteiger partial charge in [0.2, 0.25) is 11.2 Å². The number of hydrogen-bond acceptors (Lipinski definition) is 6. The zero-order valence-electron chi connectivity index (χ0n) is 18.9. The molecule has 0 saturated heterocycles. The molecule has 0 N–H and O–H groups in total. The number of thiazole rings is 1. The summed E-state index contributed by atoms with van der Waals surface area (Å²) in [4.78, 5) is 29.9. The van der Waals surface area contributed by atoms with Crippen LogP contribution >= 0.6 is 11.3 Å². The van der Waals surface area contributed by atoms with Crippen LogP contribution in [0.3, 0.4) is 0 Å². The number of halogens is 3. The van der Waals surface area contributed by atoms with Crippen LogP contribution in [-0.2, 0) is 11.0 Å². The highest BCUT2D eigenvalue weighted by molar-refractivity contribution is 7.21. The normalized spacial score (nSPS) is 14.7. The quantitative estimate of drug-likeness (QED) is 0.212. The van der Waals surface area contributed by atoms with Gasteiger partial charge in [-0.1, -0.05) is 37.8 Å². The van der Waals surface area contributed by atoms with Crippen molar-refractivity contribution in [2.24, 2.45) is 5.92 Å². The predicted molar refractivity (Wildman–Crippen MR) is 128 cm³/mol. The number of carbonyl (C=O) groups excluding carboxylic acids is 1. The van der Waals surface area contributed by atoms with Crippen molar-refractivity contribution in [1.82, 2.24) is 4.98 Å². The van der Waals surface area contributed by atoms with E-state index in [2.05, 4.69) is 4.98 Å². The molecular formula is C26H22F3NO4S. The number of alkyl halides is 3. The number of aromatic nitrogens is 1. The average Bonchev–Trinajstić information content (AvgIpc) is 3.48. The number of nitrogens with zero attached hydrogens (tertiary/aromatic N) is 1. The van der Waals surface area contributed by atoms with Crippen LogP contribution in [0.4, 0.5) is 13.2 Å². The molecule has 0 amide bonds. The van der Waals surface area contributed by atoms with E-state index in [-0.39, 0.29) is 33.7 Å². The van der Waals surface area contributed by atoms with E-state index in [9.17, 15) is 22.8 Å². The van der Waals surface area contributed by atoms with Gasteiger partial charge in [0.15, 0.2) is 0 Å². The zero-order chi connectivity index (χ0) is 24.7. The maximum Gasteiger partial charge on any atom is 0.450 e. The molecule has 5 rings (SSSR count). The monoisotopic (exact) mass is 501 g/mol. The van der Waals surface area contributed by atoms with Crippen LogP contribution in [0.15, 0.2) is 45.6 Å². The van der Waals surface area contributed by atoms with E-state index in [1.807, 2.05) is 0 Å². The number of ether oxygens (including phenoxy) is 1. The molecule has 0 radical (unpaired) electrons. The van der Waals surface area contributed by atoms with Gasteiger partial charge in [-0.2, -0.15) is 13.2 Å². The summed E-state index contributed by atoms with van der Waals surface area (Å²) in [5.41, 5.74) is -1.05. The summed E-state index contributed by atoms with van der Waals surface area (Å²) in [5, 5.41) is -0.0928. The molecule has 0 atom stereocenters. The largest absolute Gasteiger partial charge is 0.450 e. The lowest BCUT2D eigenvalue weighted by molar-refractivity contribution is -0.152. The maximum absolute atomic E-state index is 14.0. The third-order valence-electron chi connectivity index (χ3n) is 6.48. The first-order valence-corrected chi connectivity index (χ1v) is 12.3. The van der Waals surface area contributed by atoms with E-state index in [0.717, 1.165) is 30.6 Å². The summed E-state index contributed by atoms with van der Waals surface area (Å²) in [6.07, 6.45) is 0.573. The summed E-state index contributed by atoms with van der Waals surface area (Å²) >= 11 is 0.994. The minimum absolute atomic E-state index is 0.0319. The highest BCUT2D eigenvalue weighted by Crippen LogP contribution is 2.41. The van der Waals surface area contributed by atoms with E-state index in [4.69, 9.17) is 9.15 Å². The SMILES string of the molecule is Cc1c(OC(=O)CCC2CCCC2)ccc2c(=O)c(-c3nc4ccccc4s3)c(C(F)(F)F)oc12. The van der Waals surface area contributed by atoms with Crippen molar-refractivity contribution >= 4 is 38.5 Å². The van der Waals surface area contributed by atoms with E-state index >= 15 is 0 Å². The molecular weight excluding hydrogens is 479 g/mol. The molecule has 2 heterocycles. The highest BCUT2D eigenvalue weighted by Gasteiger charge is 2.40. The first kappa shape index (κ1) is 23.5. The molecule has 1 aliphatic carbocycles. The fraction of sp³-hybridized carbons (Fsp3) is 0.346. The van der Waals surface area contributed by atoms with Crippen LogP contribution in [-0.4, -0.2) is 11.0 Å². The fourth-order valence-electron chi connectivity index (χ4n) is 4.65.